The lowest BCUT2D eigenvalue weighted by atomic mass is 10.1. The number of nitrogens with two attached hydrogens (primary N) is 1. The van der Waals surface area contributed by atoms with E-state index in [-0.39, 0.29) is 12.5 Å². The minimum atomic E-state index is -0.566. The Morgan fingerprint density at radius 3 is 2.58 bits per heavy atom. The van der Waals surface area contributed by atoms with E-state index in [1.54, 1.807) is 17.0 Å². The van der Waals surface area contributed by atoms with Crippen molar-refractivity contribution in [3.63, 3.8) is 0 Å². The summed E-state index contributed by atoms with van der Waals surface area (Å²) in [6, 6.07) is 14.9. The van der Waals surface area contributed by atoms with Crippen LogP contribution in [0.15, 0.2) is 58.4 Å². The Morgan fingerprint density at radius 2 is 1.91 bits per heavy atom. The van der Waals surface area contributed by atoms with Crippen molar-refractivity contribution in [2.75, 3.05) is 19.8 Å². The number of amidine groups is 1. The smallest absolute Gasteiger partial charge is 0.266 e. The van der Waals surface area contributed by atoms with Gasteiger partial charge in [-0.25, -0.2) is 4.99 Å². The highest BCUT2D eigenvalue weighted by Gasteiger charge is 2.34. The molecule has 1 saturated heterocycles. The summed E-state index contributed by atoms with van der Waals surface area (Å²) >= 11 is 1.36. The molecular weight excluding hydrogens is 438 g/mol. The number of ether oxygens (including phenoxy) is 2. The lowest BCUT2D eigenvalue weighted by Gasteiger charge is -2.19. The number of para-hydroxylation sites is 1. The molecular formula is C25H29N3O4S. The van der Waals surface area contributed by atoms with E-state index in [4.69, 9.17) is 20.2 Å². The van der Waals surface area contributed by atoms with Gasteiger partial charge in [0.05, 0.1) is 17.2 Å². The van der Waals surface area contributed by atoms with Crippen molar-refractivity contribution in [2.24, 2.45) is 16.6 Å². The minimum absolute atomic E-state index is 0.0676. The molecule has 1 fully saturated rings. The first-order chi connectivity index (χ1) is 15.9. The molecule has 2 amide bonds. The van der Waals surface area contributed by atoms with E-state index in [2.05, 4.69) is 13.8 Å². The zero-order valence-electron chi connectivity index (χ0n) is 19.1. The second kappa shape index (κ2) is 11.6. The first-order valence-electron chi connectivity index (χ1n) is 10.9. The van der Waals surface area contributed by atoms with E-state index in [0.717, 1.165) is 17.7 Å². The van der Waals surface area contributed by atoms with Gasteiger partial charge in [0.25, 0.3) is 11.8 Å². The molecule has 1 aliphatic rings. The number of hydrogen-bond acceptors (Lipinski definition) is 6. The van der Waals surface area contributed by atoms with E-state index < -0.39 is 5.91 Å². The molecule has 33 heavy (non-hydrogen) atoms. The van der Waals surface area contributed by atoms with Crippen LogP contribution in [-0.4, -0.2) is 41.6 Å². The Morgan fingerprint density at radius 1 is 1.15 bits per heavy atom. The maximum Gasteiger partial charge on any atom is 0.266 e. The number of nitrogens with zero attached hydrogens (tertiary/aromatic N) is 2. The van der Waals surface area contributed by atoms with Gasteiger partial charge in [-0.05, 0) is 60.5 Å². The molecule has 0 spiro atoms. The average Bonchev–Trinajstić information content (AvgIpc) is 3.08. The van der Waals surface area contributed by atoms with Crippen LogP contribution in [0.4, 0.5) is 5.69 Å². The highest BCUT2D eigenvalue weighted by molar-refractivity contribution is 8.18. The van der Waals surface area contributed by atoms with Crippen molar-refractivity contribution in [3.05, 3.63) is 59.0 Å². The van der Waals surface area contributed by atoms with Crippen LogP contribution in [0.2, 0.25) is 0 Å². The number of primary amides is 1. The SMILES string of the molecule is CCOc1cc(/C=C2/SC(=Nc3ccccc3)N(CC(C)CC)C2=O)ccc1OCC(N)=O. The third kappa shape index (κ3) is 6.61. The van der Waals surface area contributed by atoms with Gasteiger partial charge in [-0.2, -0.15) is 0 Å². The monoisotopic (exact) mass is 467 g/mol. The summed E-state index contributed by atoms with van der Waals surface area (Å²) in [5.74, 6) is 0.623. The van der Waals surface area contributed by atoms with Crippen LogP contribution in [0.5, 0.6) is 11.5 Å². The van der Waals surface area contributed by atoms with Crippen LogP contribution >= 0.6 is 11.8 Å². The molecule has 0 aliphatic carbocycles. The molecule has 2 aromatic carbocycles. The molecule has 174 valence electrons. The number of rotatable bonds is 10. The fourth-order valence-electron chi connectivity index (χ4n) is 3.11. The quantitative estimate of drug-likeness (QED) is 0.516. The molecule has 1 atom stereocenters. The van der Waals surface area contributed by atoms with Gasteiger partial charge in [0.2, 0.25) is 0 Å². The molecule has 8 heteroatoms. The number of carbonyl (C=O) groups excluding carboxylic acids is 2. The maximum absolute atomic E-state index is 13.3. The van der Waals surface area contributed by atoms with Gasteiger partial charge in [0.1, 0.15) is 0 Å². The Balaban J connectivity index is 1.92. The van der Waals surface area contributed by atoms with Gasteiger partial charge in [-0.1, -0.05) is 44.5 Å². The third-order valence-electron chi connectivity index (χ3n) is 5.00. The number of benzene rings is 2. The van der Waals surface area contributed by atoms with E-state index in [9.17, 15) is 9.59 Å². The van der Waals surface area contributed by atoms with Crippen molar-refractivity contribution in [3.8, 4) is 11.5 Å². The molecule has 0 saturated carbocycles. The lowest BCUT2D eigenvalue weighted by molar-refractivity contribution is -0.122. The first kappa shape index (κ1) is 24.4. The van der Waals surface area contributed by atoms with Gasteiger partial charge >= 0.3 is 0 Å². The zero-order valence-corrected chi connectivity index (χ0v) is 19.9. The summed E-state index contributed by atoms with van der Waals surface area (Å²) in [5, 5.41) is 0.671. The molecule has 7 nitrogen and oxygen atoms in total. The van der Waals surface area contributed by atoms with Crippen LogP contribution in [0, 0.1) is 5.92 Å². The van der Waals surface area contributed by atoms with Crippen LogP contribution in [0.25, 0.3) is 6.08 Å². The zero-order chi connectivity index (χ0) is 23.8. The molecule has 1 unspecified atom stereocenters. The number of thioether (sulfide) groups is 1. The van der Waals surface area contributed by atoms with Gasteiger partial charge in [0.15, 0.2) is 23.3 Å². The topological polar surface area (TPSA) is 94.2 Å². The predicted molar refractivity (Wildman–Crippen MR) is 133 cm³/mol. The van der Waals surface area contributed by atoms with Gasteiger partial charge in [0, 0.05) is 6.54 Å². The standard InChI is InChI=1S/C25H29N3O4S/c1-4-17(3)15-28-24(30)22(33-25(28)27-19-9-7-6-8-10-19)14-18-11-12-20(32-16-23(26)29)21(13-18)31-5-2/h6-14,17H,4-5,15-16H2,1-3H3,(H2,26,29)/b22-14+,27-25?. The molecule has 1 heterocycles. The maximum atomic E-state index is 13.3. The predicted octanol–water partition coefficient (Wildman–Crippen LogP) is 4.60. The third-order valence-corrected chi connectivity index (χ3v) is 6.00. The van der Waals surface area contributed by atoms with Crippen LogP contribution in [-0.2, 0) is 9.59 Å². The van der Waals surface area contributed by atoms with Gasteiger partial charge in [-0.3, -0.25) is 14.5 Å². The number of aliphatic imine (C=N–C) groups is 1. The van der Waals surface area contributed by atoms with Crippen molar-refractivity contribution in [1.82, 2.24) is 4.90 Å². The fraction of sp³-hybridized carbons (Fsp3) is 0.320. The molecule has 0 bridgehead atoms. The lowest BCUT2D eigenvalue weighted by Crippen LogP contribution is -2.33. The summed E-state index contributed by atoms with van der Waals surface area (Å²) in [5.41, 5.74) is 6.76. The Kier molecular flexibility index (Phi) is 8.54. The molecule has 3 rings (SSSR count). The molecule has 1 aliphatic heterocycles. The Labute approximate surface area is 198 Å². The average molecular weight is 468 g/mol. The van der Waals surface area contributed by atoms with Crippen molar-refractivity contribution < 1.29 is 19.1 Å². The summed E-state index contributed by atoms with van der Waals surface area (Å²) in [4.78, 5) is 31.4. The normalized spacial score (nSPS) is 16.9. The number of amides is 2. The fourth-order valence-corrected chi connectivity index (χ4v) is 4.12. The Hall–Kier alpha value is -3.26. The molecule has 0 radical (unpaired) electrons. The van der Waals surface area contributed by atoms with E-state index in [1.807, 2.05) is 49.4 Å². The van der Waals surface area contributed by atoms with Crippen molar-refractivity contribution in [1.29, 1.82) is 0 Å². The summed E-state index contributed by atoms with van der Waals surface area (Å²) in [6.07, 6.45) is 2.79. The van der Waals surface area contributed by atoms with Crippen molar-refractivity contribution >= 4 is 40.5 Å². The second-order valence-electron chi connectivity index (χ2n) is 7.66. The highest BCUT2D eigenvalue weighted by atomic mass is 32.2. The summed E-state index contributed by atoms with van der Waals surface area (Å²) in [6.45, 7) is 6.89. The van der Waals surface area contributed by atoms with E-state index in [0.29, 0.717) is 40.6 Å². The van der Waals surface area contributed by atoms with Crippen LogP contribution < -0.4 is 15.2 Å². The molecule has 2 N–H and O–H groups in total. The second-order valence-corrected chi connectivity index (χ2v) is 8.67. The first-order valence-corrected chi connectivity index (χ1v) is 11.8. The van der Waals surface area contributed by atoms with Crippen LogP contribution in [0.3, 0.4) is 0 Å². The number of carbonyl (C=O) groups is 2. The summed E-state index contributed by atoms with van der Waals surface area (Å²) < 4.78 is 11.1. The van der Waals surface area contributed by atoms with Gasteiger partial charge < -0.3 is 15.2 Å². The van der Waals surface area contributed by atoms with E-state index in [1.165, 1.54) is 11.8 Å². The van der Waals surface area contributed by atoms with Crippen LogP contribution in [0.1, 0.15) is 32.8 Å². The Bertz CT molecular complexity index is 1050. The van der Waals surface area contributed by atoms with Crippen molar-refractivity contribution in [2.45, 2.75) is 27.2 Å². The minimum Gasteiger partial charge on any atom is -0.490 e. The molecule has 2 aromatic rings. The highest BCUT2D eigenvalue weighted by Crippen LogP contribution is 2.36. The van der Waals surface area contributed by atoms with E-state index >= 15 is 0 Å². The molecule has 0 aromatic heterocycles. The summed E-state index contributed by atoms with van der Waals surface area (Å²) in [7, 11) is 0. The van der Waals surface area contributed by atoms with Gasteiger partial charge in [-0.15, -0.1) is 0 Å². The largest absolute Gasteiger partial charge is 0.490 e. The number of hydrogen-bond donors (Lipinski definition) is 1.